The number of aliphatic hydroxyl groups excluding tert-OH is 1. The number of hydrazine groups is 1. The number of aromatic hydroxyl groups is 2. The van der Waals surface area contributed by atoms with Crippen LogP contribution in [-0.4, -0.2) is 46.7 Å². The van der Waals surface area contributed by atoms with Crippen LogP contribution in [0.15, 0.2) is 54.7 Å². The molecule has 38 heavy (non-hydrogen) atoms. The molecule has 0 bridgehead atoms. The first-order chi connectivity index (χ1) is 18.4. The number of imide groups is 1. The van der Waals surface area contributed by atoms with Crippen LogP contribution in [0.2, 0.25) is 0 Å². The van der Waals surface area contributed by atoms with Crippen LogP contribution in [0.25, 0.3) is 43.6 Å². The van der Waals surface area contributed by atoms with Gasteiger partial charge in [-0.15, -0.1) is 0 Å². The number of benzene rings is 3. The van der Waals surface area contributed by atoms with Gasteiger partial charge in [0.05, 0.1) is 52.0 Å². The molecule has 5 N–H and O–H groups in total. The molecular weight excluding hydrogens is 486 g/mol. The maximum atomic E-state index is 13.9. The molecule has 0 aliphatic carbocycles. The molecule has 0 atom stereocenters. The van der Waals surface area contributed by atoms with E-state index in [2.05, 4.69) is 15.4 Å². The van der Waals surface area contributed by atoms with E-state index < -0.39 is 11.8 Å². The van der Waals surface area contributed by atoms with Crippen molar-refractivity contribution in [2.45, 2.75) is 13.2 Å². The minimum atomic E-state index is -0.500. The molecule has 0 spiro atoms. The number of carbonyl (C=O) groups is 2. The van der Waals surface area contributed by atoms with Crippen LogP contribution in [0.3, 0.4) is 0 Å². The molecule has 0 unspecified atom stereocenters. The molecule has 0 radical (unpaired) electrons. The Morgan fingerprint density at radius 2 is 1.63 bits per heavy atom. The van der Waals surface area contributed by atoms with E-state index in [1.807, 2.05) is 11.6 Å². The molecule has 188 valence electrons. The highest BCUT2D eigenvalue weighted by molar-refractivity contribution is 6.39. The summed E-state index contributed by atoms with van der Waals surface area (Å²) in [6, 6.07) is 13.2. The van der Waals surface area contributed by atoms with Crippen LogP contribution in [0.5, 0.6) is 11.5 Å². The number of aromatic nitrogens is 3. The fourth-order valence-electron chi connectivity index (χ4n) is 5.61. The molecule has 3 aromatic heterocycles. The standard InChI is InChI=1S/C28H21N5O5/c1-32-20-10-16(36)3-5-18(20)22-24-23(21-17-4-2-15(35)9-19(17)31-25(21)26(22)32)27(37)33(28(24)38)30-11-14-8-13(12-34)6-7-29-14/h2-10,30-31,34-36H,11-12H2,1H3. The van der Waals surface area contributed by atoms with Gasteiger partial charge in [0, 0.05) is 46.9 Å². The second-order valence-electron chi connectivity index (χ2n) is 9.43. The molecular formula is C28H21N5O5. The number of aryl methyl sites for hydroxylation is 1. The number of nitrogens with zero attached hydrogens (tertiary/aromatic N) is 3. The van der Waals surface area contributed by atoms with Gasteiger partial charge < -0.3 is 24.9 Å². The summed E-state index contributed by atoms with van der Waals surface area (Å²) in [5, 5.41) is 33.3. The predicted octanol–water partition coefficient (Wildman–Crippen LogP) is 3.57. The van der Waals surface area contributed by atoms with Crippen molar-refractivity contribution < 1.29 is 24.9 Å². The van der Waals surface area contributed by atoms with Crippen molar-refractivity contribution in [1.82, 2.24) is 25.0 Å². The SMILES string of the molecule is Cn1c2cc(O)ccc2c2c3c(c4c5ccc(O)cc5[nH]c4c21)C(=O)N(NCc1cc(CO)ccn1)C3=O. The van der Waals surface area contributed by atoms with Gasteiger partial charge in [-0.2, -0.15) is 0 Å². The van der Waals surface area contributed by atoms with E-state index in [1.165, 1.54) is 0 Å². The van der Waals surface area contributed by atoms with Gasteiger partial charge in [-0.25, -0.2) is 10.4 Å². The Bertz CT molecular complexity index is 2000. The van der Waals surface area contributed by atoms with Crippen LogP contribution >= 0.6 is 0 Å². The Kier molecular flexibility index (Phi) is 4.56. The number of hydrogen-bond acceptors (Lipinski definition) is 7. The summed E-state index contributed by atoms with van der Waals surface area (Å²) >= 11 is 0. The van der Waals surface area contributed by atoms with Gasteiger partial charge in [0.2, 0.25) is 0 Å². The van der Waals surface area contributed by atoms with E-state index in [1.54, 1.807) is 54.7 Å². The first-order valence-corrected chi connectivity index (χ1v) is 12.0. The lowest BCUT2D eigenvalue weighted by molar-refractivity contribution is 0.0562. The zero-order chi connectivity index (χ0) is 26.3. The topological polar surface area (TPSA) is 144 Å². The molecule has 10 nitrogen and oxygen atoms in total. The molecule has 2 amide bonds. The van der Waals surface area contributed by atoms with E-state index in [9.17, 15) is 24.9 Å². The third-order valence-electron chi connectivity index (χ3n) is 7.27. The summed E-state index contributed by atoms with van der Waals surface area (Å²) < 4.78 is 1.89. The summed E-state index contributed by atoms with van der Waals surface area (Å²) in [5.41, 5.74) is 7.38. The molecule has 0 saturated heterocycles. The van der Waals surface area contributed by atoms with Gasteiger partial charge in [0.1, 0.15) is 11.5 Å². The lowest BCUT2D eigenvalue weighted by atomic mass is 9.96. The van der Waals surface area contributed by atoms with Crippen LogP contribution in [0, 0.1) is 0 Å². The molecule has 6 aromatic rings. The fourth-order valence-corrected chi connectivity index (χ4v) is 5.61. The number of phenolic OH excluding ortho intramolecular Hbond substituents is 2. The number of hydrogen-bond donors (Lipinski definition) is 5. The molecule has 1 aliphatic rings. The van der Waals surface area contributed by atoms with Gasteiger partial charge in [-0.3, -0.25) is 14.6 Å². The second kappa shape index (κ2) is 7.78. The first kappa shape index (κ1) is 22.3. The molecule has 0 saturated carbocycles. The monoisotopic (exact) mass is 507 g/mol. The highest BCUT2D eigenvalue weighted by Crippen LogP contribution is 2.45. The molecule has 10 heteroatoms. The average molecular weight is 508 g/mol. The fraction of sp³-hybridized carbons (Fsp3) is 0.107. The normalized spacial score (nSPS) is 13.6. The maximum absolute atomic E-state index is 13.9. The first-order valence-electron chi connectivity index (χ1n) is 12.0. The largest absolute Gasteiger partial charge is 0.508 e. The van der Waals surface area contributed by atoms with Gasteiger partial charge >= 0.3 is 0 Å². The van der Waals surface area contributed by atoms with Crippen molar-refractivity contribution in [1.29, 1.82) is 0 Å². The summed E-state index contributed by atoms with van der Waals surface area (Å²) in [5.74, 6) is -0.840. The van der Waals surface area contributed by atoms with Crippen molar-refractivity contribution in [2.24, 2.45) is 7.05 Å². The van der Waals surface area contributed by atoms with E-state index in [0.29, 0.717) is 49.5 Å². The number of nitrogens with one attached hydrogen (secondary N) is 2. The third kappa shape index (κ3) is 2.92. The number of H-pyrrole nitrogens is 1. The van der Waals surface area contributed by atoms with Gasteiger partial charge in [0.15, 0.2) is 0 Å². The number of pyridine rings is 1. The second-order valence-corrected chi connectivity index (χ2v) is 9.43. The van der Waals surface area contributed by atoms with Crippen LogP contribution in [0.4, 0.5) is 0 Å². The highest BCUT2D eigenvalue weighted by atomic mass is 16.3. The number of amides is 2. The minimum absolute atomic E-state index is 0.0715. The van der Waals surface area contributed by atoms with Gasteiger partial charge in [-0.1, -0.05) is 0 Å². The summed E-state index contributed by atoms with van der Waals surface area (Å²) in [6.45, 7) is -0.0536. The minimum Gasteiger partial charge on any atom is -0.508 e. The van der Waals surface area contributed by atoms with Crippen molar-refractivity contribution >= 4 is 55.4 Å². The predicted molar refractivity (Wildman–Crippen MR) is 141 cm³/mol. The van der Waals surface area contributed by atoms with Crippen LogP contribution < -0.4 is 5.43 Å². The quantitative estimate of drug-likeness (QED) is 0.230. The summed E-state index contributed by atoms with van der Waals surface area (Å²) in [7, 11) is 1.84. The smallest absolute Gasteiger partial charge is 0.276 e. The van der Waals surface area contributed by atoms with Crippen molar-refractivity contribution in [3.05, 3.63) is 77.1 Å². The Morgan fingerprint density at radius 1 is 0.921 bits per heavy atom. The average Bonchev–Trinajstić information content (AvgIpc) is 3.50. The number of rotatable bonds is 4. The molecule has 3 aromatic carbocycles. The number of aliphatic hydroxyl groups is 1. The van der Waals surface area contributed by atoms with E-state index in [4.69, 9.17) is 0 Å². The van der Waals surface area contributed by atoms with E-state index in [0.717, 1.165) is 10.4 Å². The number of phenols is 2. The van der Waals surface area contributed by atoms with E-state index >= 15 is 0 Å². The van der Waals surface area contributed by atoms with Crippen LogP contribution in [0.1, 0.15) is 32.0 Å². The Labute approximate surface area is 214 Å². The van der Waals surface area contributed by atoms with E-state index in [-0.39, 0.29) is 35.8 Å². The highest BCUT2D eigenvalue weighted by Gasteiger charge is 2.41. The zero-order valence-corrected chi connectivity index (χ0v) is 20.1. The number of aromatic amines is 1. The molecule has 1 aliphatic heterocycles. The summed E-state index contributed by atoms with van der Waals surface area (Å²) in [4.78, 5) is 35.4. The Morgan fingerprint density at radius 3 is 2.39 bits per heavy atom. The lowest BCUT2D eigenvalue weighted by Gasteiger charge is -2.15. The van der Waals surface area contributed by atoms with Gasteiger partial charge in [0.25, 0.3) is 11.8 Å². The number of fused-ring (bicyclic) bond motifs is 10. The lowest BCUT2D eigenvalue weighted by Crippen LogP contribution is -2.42. The van der Waals surface area contributed by atoms with Crippen molar-refractivity contribution in [3.63, 3.8) is 0 Å². The zero-order valence-electron chi connectivity index (χ0n) is 20.1. The van der Waals surface area contributed by atoms with Gasteiger partial charge in [-0.05, 0) is 42.0 Å². The molecule has 4 heterocycles. The summed E-state index contributed by atoms with van der Waals surface area (Å²) in [6.07, 6.45) is 1.56. The molecule has 7 rings (SSSR count). The third-order valence-corrected chi connectivity index (χ3v) is 7.27. The number of carbonyl (C=O) groups excluding carboxylic acids is 2. The van der Waals surface area contributed by atoms with Crippen LogP contribution in [-0.2, 0) is 20.2 Å². The Hall–Kier alpha value is -4.93. The van der Waals surface area contributed by atoms with Crippen molar-refractivity contribution in [3.8, 4) is 11.5 Å². The van der Waals surface area contributed by atoms with Crippen molar-refractivity contribution in [2.75, 3.05) is 0 Å². The molecule has 0 fully saturated rings. The Balaban J connectivity index is 1.51. The maximum Gasteiger partial charge on any atom is 0.276 e.